The molecule has 0 bridgehead atoms. The number of nitrogens with one attached hydrogen (secondary N) is 1. The van der Waals surface area contributed by atoms with Gasteiger partial charge < -0.3 is 15.1 Å². The van der Waals surface area contributed by atoms with E-state index in [0.717, 1.165) is 6.54 Å². The van der Waals surface area contributed by atoms with Crippen molar-refractivity contribution >= 4 is 11.4 Å². The molecule has 3 fully saturated rings. The summed E-state index contributed by atoms with van der Waals surface area (Å²) in [6.45, 7) is 5.80. The van der Waals surface area contributed by atoms with Gasteiger partial charge in [0.25, 0.3) is 0 Å². The molecular weight excluding hydrogens is 486 g/mol. The summed E-state index contributed by atoms with van der Waals surface area (Å²) in [7, 11) is 0. The lowest BCUT2D eigenvalue weighted by Gasteiger charge is -2.28. The molecule has 5 aromatic carbocycles. The Bertz CT molecular complexity index is 1660. The highest BCUT2D eigenvalue weighted by Crippen LogP contribution is 2.37. The second kappa shape index (κ2) is 9.69. The van der Waals surface area contributed by atoms with Crippen molar-refractivity contribution in [3.05, 3.63) is 121 Å². The van der Waals surface area contributed by atoms with Gasteiger partial charge in [-0.05, 0) is 99.4 Å². The molecule has 0 aromatic heterocycles. The Kier molecular flexibility index (Phi) is 5.70. The van der Waals surface area contributed by atoms with Gasteiger partial charge in [-0.25, -0.2) is 0 Å². The third kappa shape index (κ3) is 4.67. The van der Waals surface area contributed by atoms with Gasteiger partial charge in [-0.3, -0.25) is 0 Å². The number of hydrogen-bond acceptors (Lipinski definition) is 3. The highest BCUT2D eigenvalue weighted by atomic mass is 15.3. The SMILES string of the molecule is c1cc(-c2ccc(C3CCN3)cc2)cc(-c2cccc(-c3cccc(-c4cc(N5CC5)cc(N5CC5)c4)c3)c2)c1. The molecule has 3 aliphatic heterocycles. The van der Waals surface area contributed by atoms with E-state index in [4.69, 9.17) is 0 Å². The van der Waals surface area contributed by atoms with Crippen molar-refractivity contribution < 1.29 is 0 Å². The first-order valence-corrected chi connectivity index (χ1v) is 14.6. The van der Waals surface area contributed by atoms with Crippen molar-refractivity contribution in [2.24, 2.45) is 0 Å². The fraction of sp³-hybridized carbons (Fsp3) is 0.189. The van der Waals surface area contributed by atoms with Crippen LogP contribution in [0.15, 0.2) is 115 Å². The molecule has 8 rings (SSSR count). The lowest BCUT2D eigenvalue weighted by atomic mass is 9.93. The van der Waals surface area contributed by atoms with Gasteiger partial charge in [-0.1, -0.05) is 78.9 Å². The number of nitrogens with zero attached hydrogens (tertiary/aromatic N) is 2. The summed E-state index contributed by atoms with van der Waals surface area (Å²) >= 11 is 0. The van der Waals surface area contributed by atoms with E-state index in [0.29, 0.717) is 6.04 Å². The van der Waals surface area contributed by atoms with E-state index < -0.39 is 0 Å². The normalized spacial score (nSPS) is 17.4. The fourth-order valence-corrected chi connectivity index (χ4v) is 5.86. The van der Waals surface area contributed by atoms with Gasteiger partial charge in [0, 0.05) is 43.6 Å². The monoisotopic (exact) mass is 519 g/mol. The van der Waals surface area contributed by atoms with Crippen LogP contribution in [-0.2, 0) is 0 Å². The van der Waals surface area contributed by atoms with E-state index in [1.165, 1.54) is 94.0 Å². The van der Waals surface area contributed by atoms with Gasteiger partial charge in [0.15, 0.2) is 0 Å². The summed E-state index contributed by atoms with van der Waals surface area (Å²) in [6.07, 6.45) is 1.23. The Morgan fingerprint density at radius 3 is 1.27 bits per heavy atom. The smallest absolute Gasteiger partial charge is 0.0394 e. The third-order valence-electron chi connectivity index (χ3n) is 8.59. The average molecular weight is 520 g/mol. The van der Waals surface area contributed by atoms with E-state index >= 15 is 0 Å². The minimum Gasteiger partial charge on any atom is -0.368 e. The van der Waals surface area contributed by atoms with Crippen LogP contribution in [0.5, 0.6) is 0 Å². The molecule has 1 atom stereocenters. The highest BCUT2D eigenvalue weighted by molar-refractivity contribution is 5.81. The van der Waals surface area contributed by atoms with Crippen LogP contribution < -0.4 is 15.1 Å². The molecule has 0 radical (unpaired) electrons. The Hall–Kier alpha value is -4.34. The molecule has 1 N–H and O–H groups in total. The van der Waals surface area contributed by atoms with E-state index in [2.05, 4.69) is 130 Å². The average Bonchev–Trinajstić information content (AvgIpc) is 3.90. The number of rotatable bonds is 7. The highest BCUT2D eigenvalue weighted by Gasteiger charge is 2.24. The molecule has 1 unspecified atom stereocenters. The Morgan fingerprint density at radius 2 is 0.875 bits per heavy atom. The van der Waals surface area contributed by atoms with Crippen LogP contribution >= 0.6 is 0 Å². The van der Waals surface area contributed by atoms with Gasteiger partial charge in [0.1, 0.15) is 0 Å². The lowest BCUT2D eigenvalue weighted by molar-refractivity contribution is 0.383. The zero-order chi connectivity index (χ0) is 26.5. The van der Waals surface area contributed by atoms with Crippen LogP contribution in [0.4, 0.5) is 11.4 Å². The van der Waals surface area contributed by atoms with Gasteiger partial charge >= 0.3 is 0 Å². The largest absolute Gasteiger partial charge is 0.368 e. The molecule has 0 spiro atoms. The molecule has 196 valence electrons. The van der Waals surface area contributed by atoms with E-state index in [1.54, 1.807) is 0 Å². The van der Waals surface area contributed by atoms with E-state index in [1.807, 2.05) is 0 Å². The number of hydrogen-bond donors (Lipinski definition) is 1. The summed E-state index contributed by atoms with van der Waals surface area (Å²) in [6, 6.07) is 43.6. The first kappa shape index (κ1) is 23.5. The van der Waals surface area contributed by atoms with Crippen molar-refractivity contribution in [3.8, 4) is 44.5 Å². The zero-order valence-electron chi connectivity index (χ0n) is 22.7. The number of benzene rings is 5. The molecule has 3 saturated heterocycles. The van der Waals surface area contributed by atoms with Gasteiger partial charge in [-0.2, -0.15) is 0 Å². The molecule has 0 aliphatic carbocycles. The van der Waals surface area contributed by atoms with Crippen molar-refractivity contribution in [3.63, 3.8) is 0 Å². The number of anilines is 2. The zero-order valence-corrected chi connectivity index (χ0v) is 22.7. The summed E-state index contributed by atoms with van der Waals surface area (Å²) in [5, 5.41) is 3.50. The third-order valence-corrected chi connectivity index (χ3v) is 8.59. The van der Waals surface area contributed by atoms with Crippen molar-refractivity contribution in [1.29, 1.82) is 0 Å². The van der Waals surface area contributed by atoms with Gasteiger partial charge in [0.05, 0.1) is 0 Å². The second-order valence-corrected chi connectivity index (χ2v) is 11.4. The molecule has 3 heterocycles. The van der Waals surface area contributed by atoms with Crippen LogP contribution in [-0.4, -0.2) is 32.7 Å². The van der Waals surface area contributed by atoms with Gasteiger partial charge in [0.2, 0.25) is 0 Å². The second-order valence-electron chi connectivity index (χ2n) is 11.4. The standard InChI is InChI=1S/C37H33N3/c1-4-28(26-10-12-27(13-11-26)37-14-15-38-37)20-29(5-1)30-6-2-7-31(21-30)32-8-3-9-33(22-32)34-23-35(39-16-17-39)25-36(24-34)40-18-19-40/h1-13,20-25,37-38H,14-19H2. The molecule has 3 heteroatoms. The lowest BCUT2D eigenvalue weighted by Crippen LogP contribution is -2.34. The summed E-state index contributed by atoms with van der Waals surface area (Å²) in [4.78, 5) is 4.88. The first-order valence-electron chi connectivity index (χ1n) is 14.6. The molecule has 3 nitrogen and oxygen atoms in total. The van der Waals surface area contributed by atoms with Crippen molar-refractivity contribution in [2.75, 3.05) is 42.5 Å². The summed E-state index contributed by atoms with van der Waals surface area (Å²) < 4.78 is 0. The van der Waals surface area contributed by atoms with Crippen molar-refractivity contribution in [2.45, 2.75) is 12.5 Å². The van der Waals surface area contributed by atoms with Crippen LogP contribution in [0.2, 0.25) is 0 Å². The minimum absolute atomic E-state index is 0.527. The van der Waals surface area contributed by atoms with E-state index in [-0.39, 0.29) is 0 Å². The van der Waals surface area contributed by atoms with Crippen LogP contribution in [0.3, 0.4) is 0 Å². The Labute approximate surface area is 236 Å². The maximum absolute atomic E-state index is 3.50. The van der Waals surface area contributed by atoms with Gasteiger partial charge in [-0.15, -0.1) is 0 Å². The molecule has 5 aromatic rings. The van der Waals surface area contributed by atoms with Crippen LogP contribution in [0.1, 0.15) is 18.0 Å². The molecular formula is C37H33N3. The van der Waals surface area contributed by atoms with Crippen LogP contribution in [0, 0.1) is 0 Å². The Balaban J connectivity index is 1.09. The summed E-state index contributed by atoms with van der Waals surface area (Å²) in [5.74, 6) is 0. The predicted octanol–water partition coefficient (Wildman–Crippen LogP) is 8.03. The summed E-state index contributed by atoms with van der Waals surface area (Å²) in [5.41, 5.74) is 14.2. The van der Waals surface area contributed by atoms with Crippen molar-refractivity contribution in [1.82, 2.24) is 5.32 Å². The first-order chi connectivity index (χ1) is 19.8. The maximum Gasteiger partial charge on any atom is 0.0394 e. The molecule has 3 aliphatic rings. The predicted molar refractivity (Wildman–Crippen MR) is 168 cm³/mol. The Morgan fingerprint density at radius 1 is 0.450 bits per heavy atom. The topological polar surface area (TPSA) is 18.0 Å². The minimum atomic E-state index is 0.527. The van der Waals surface area contributed by atoms with Crippen LogP contribution in [0.25, 0.3) is 44.5 Å². The maximum atomic E-state index is 3.50. The quantitative estimate of drug-likeness (QED) is 0.220. The molecule has 40 heavy (non-hydrogen) atoms. The molecule has 0 amide bonds. The molecule has 0 saturated carbocycles. The van der Waals surface area contributed by atoms with E-state index in [9.17, 15) is 0 Å². The fourth-order valence-electron chi connectivity index (χ4n) is 5.86.